The number of rotatable bonds is 0. The third-order valence-corrected chi connectivity index (χ3v) is 3.12. The lowest BCUT2D eigenvalue weighted by Gasteiger charge is -2.40. The van der Waals surface area contributed by atoms with Gasteiger partial charge in [-0.25, -0.2) is 4.79 Å². The van der Waals surface area contributed by atoms with E-state index in [4.69, 9.17) is 4.74 Å². The molecule has 2 rings (SSSR count). The summed E-state index contributed by atoms with van der Waals surface area (Å²) in [4.78, 5) is 25.4. The number of hydrogen-bond donors (Lipinski definition) is 1. The third kappa shape index (κ3) is 2.77. The number of carbonyl (C=O) groups excluding carboxylic acids is 2. The Morgan fingerprint density at radius 3 is 2.29 bits per heavy atom. The van der Waals surface area contributed by atoms with Gasteiger partial charge in [-0.1, -0.05) is 0 Å². The molecule has 2 aliphatic rings. The second kappa shape index (κ2) is 4.29. The number of ether oxygens (including phenoxy) is 1. The van der Waals surface area contributed by atoms with Crippen molar-refractivity contribution in [1.82, 2.24) is 10.2 Å². The Morgan fingerprint density at radius 1 is 1.29 bits per heavy atom. The minimum atomic E-state index is -0.480. The van der Waals surface area contributed by atoms with Crippen molar-refractivity contribution in [3.05, 3.63) is 0 Å². The van der Waals surface area contributed by atoms with Gasteiger partial charge in [0, 0.05) is 38.0 Å². The highest BCUT2D eigenvalue weighted by atomic mass is 16.6. The number of hydrogen-bond acceptors (Lipinski definition) is 4. The monoisotopic (exact) mass is 240 g/mol. The maximum Gasteiger partial charge on any atom is 0.410 e. The van der Waals surface area contributed by atoms with E-state index in [1.165, 1.54) is 0 Å². The molecule has 5 heteroatoms. The second-order valence-corrected chi connectivity index (χ2v) is 5.84. The molecule has 2 unspecified atom stereocenters. The van der Waals surface area contributed by atoms with Crippen molar-refractivity contribution in [3.8, 4) is 0 Å². The van der Waals surface area contributed by atoms with E-state index in [1.54, 1.807) is 4.90 Å². The van der Waals surface area contributed by atoms with Crippen LogP contribution in [0.1, 0.15) is 20.8 Å². The van der Waals surface area contributed by atoms with Gasteiger partial charge in [0.1, 0.15) is 11.4 Å². The van der Waals surface area contributed by atoms with Crippen LogP contribution in [-0.4, -0.2) is 48.6 Å². The van der Waals surface area contributed by atoms with Gasteiger partial charge in [0.25, 0.3) is 0 Å². The topological polar surface area (TPSA) is 58.6 Å². The van der Waals surface area contributed by atoms with Gasteiger partial charge in [-0.2, -0.15) is 0 Å². The fraction of sp³-hybridized carbons (Fsp3) is 0.833. The van der Waals surface area contributed by atoms with Crippen molar-refractivity contribution in [3.63, 3.8) is 0 Å². The molecule has 96 valence electrons. The molecule has 5 nitrogen and oxygen atoms in total. The molecule has 0 aliphatic carbocycles. The van der Waals surface area contributed by atoms with Crippen molar-refractivity contribution < 1.29 is 14.3 Å². The minimum absolute atomic E-state index is 0.0602. The first-order chi connectivity index (χ1) is 7.87. The fourth-order valence-electron chi connectivity index (χ4n) is 2.36. The normalized spacial score (nSPS) is 29.1. The Balaban J connectivity index is 2.00. The zero-order chi connectivity index (χ0) is 12.6. The van der Waals surface area contributed by atoms with Crippen molar-refractivity contribution in [2.75, 3.05) is 26.2 Å². The number of ketones is 1. The molecule has 1 N–H and O–H groups in total. The number of fused-ring (bicyclic) bond motifs is 2. The van der Waals surface area contributed by atoms with Crippen LogP contribution >= 0.6 is 0 Å². The maximum absolute atomic E-state index is 11.9. The van der Waals surface area contributed by atoms with Crippen LogP contribution in [0, 0.1) is 11.8 Å². The summed E-state index contributed by atoms with van der Waals surface area (Å²) in [6.45, 7) is 7.87. The molecule has 1 amide bonds. The van der Waals surface area contributed by atoms with Gasteiger partial charge >= 0.3 is 6.09 Å². The Morgan fingerprint density at radius 2 is 1.82 bits per heavy atom. The summed E-state index contributed by atoms with van der Waals surface area (Å²) in [5, 5.41) is 3.23. The number of nitrogens with zero attached hydrogens (tertiary/aromatic N) is 1. The Labute approximate surface area is 101 Å². The van der Waals surface area contributed by atoms with Gasteiger partial charge in [-0.15, -0.1) is 0 Å². The fourth-order valence-corrected chi connectivity index (χ4v) is 2.36. The second-order valence-electron chi connectivity index (χ2n) is 5.84. The first-order valence-electron chi connectivity index (χ1n) is 6.09. The highest BCUT2D eigenvalue weighted by Crippen LogP contribution is 2.22. The van der Waals surface area contributed by atoms with Crippen LogP contribution < -0.4 is 5.32 Å². The Bertz CT molecular complexity index is 319. The predicted octanol–water partition coefficient (Wildman–Crippen LogP) is 0.642. The van der Waals surface area contributed by atoms with Crippen molar-refractivity contribution in [1.29, 1.82) is 0 Å². The molecule has 0 saturated carbocycles. The number of piperidine rings is 2. The summed E-state index contributed by atoms with van der Waals surface area (Å²) < 4.78 is 5.33. The number of amides is 1. The van der Waals surface area contributed by atoms with Crippen LogP contribution in [0.15, 0.2) is 0 Å². The standard InChI is InChI=1S/C12H20N2O3/c1-12(2,3)17-11(16)14-6-8-4-13-5-9(7-14)10(8)15/h8-9,13H,4-7H2,1-3H3. The Hall–Kier alpha value is -1.10. The maximum atomic E-state index is 11.9. The van der Waals surface area contributed by atoms with Crippen molar-refractivity contribution in [2.24, 2.45) is 11.8 Å². The number of Topliss-reactive ketones (excluding diaryl/α,β-unsaturated/α-hetero) is 1. The zero-order valence-electron chi connectivity index (χ0n) is 10.7. The number of likely N-dealkylation sites (tertiary alicyclic amines) is 1. The number of nitrogens with one attached hydrogen (secondary N) is 1. The van der Waals surface area contributed by atoms with Crippen molar-refractivity contribution in [2.45, 2.75) is 26.4 Å². The molecule has 17 heavy (non-hydrogen) atoms. The average molecular weight is 240 g/mol. The van der Waals surface area contributed by atoms with E-state index in [1.807, 2.05) is 20.8 Å². The van der Waals surface area contributed by atoms with Crippen LogP contribution in [0.3, 0.4) is 0 Å². The molecule has 2 aliphatic heterocycles. The van der Waals surface area contributed by atoms with E-state index in [-0.39, 0.29) is 17.9 Å². The third-order valence-electron chi connectivity index (χ3n) is 3.12. The smallest absolute Gasteiger partial charge is 0.410 e. The molecular weight excluding hydrogens is 220 g/mol. The van der Waals surface area contributed by atoms with Gasteiger partial charge in [0.05, 0.1) is 0 Å². The molecule has 0 aromatic rings. The van der Waals surface area contributed by atoms with Crippen LogP contribution in [0.4, 0.5) is 4.79 Å². The van der Waals surface area contributed by atoms with E-state index < -0.39 is 5.60 Å². The van der Waals surface area contributed by atoms with E-state index in [9.17, 15) is 9.59 Å². The zero-order valence-corrected chi connectivity index (χ0v) is 10.7. The first-order valence-corrected chi connectivity index (χ1v) is 6.09. The van der Waals surface area contributed by atoms with Gasteiger partial charge in [0.2, 0.25) is 0 Å². The molecule has 2 fully saturated rings. The summed E-state index contributed by atoms with van der Waals surface area (Å²) in [7, 11) is 0. The van der Waals surface area contributed by atoms with E-state index in [2.05, 4.69) is 5.32 Å². The minimum Gasteiger partial charge on any atom is -0.444 e. The van der Waals surface area contributed by atoms with Gasteiger partial charge in [0.15, 0.2) is 0 Å². The van der Waals surface area contributed by atoms with Crippen molar-refractivity contribution >= 4 is 11.9 Å². The van der Waals surface area contributed by atoms with Gasteiger partial charge in [-0.3, -0.25) is 4.79 Å². The van der Waals surface area contributed by atoms with Gasteiger partial charge < -0.3 is 15.0 Å². The highest BCUT2D eigenvalue weighted by Gasteiger charge is 2.40. The first kappa shape index (κ1) is 12.4. The molecule has 0 aromatic heterocycles. The molecule has 2 saturated heterocycles. The molecular formula is C12H20N2O3. The molecule has 2 atom stereocenters. The lowest BCUT2D eigenvalue weighted by atomic mass is 9.84. The summed E-state index contributed by atoms with van der Waals surface area (Å²) in [6, 6.07) is 0. The highest BCUT2D eigenvalue weighted by molar-refractivity contribution is 5.87. The molecule has 0 aromatic carbocycles. The SMILES string of the molecule is CC(C)(C)OC(=O)N1CC2CNCC(C1)C2=O. The van der Waals surface area contributed by atoms with E-state index >= 15 is 0 Å². The summed E-state index contributed by atoms with van der Waals surface area (Å²) >= 11 is 0. The summed E-state index contributed by atoms with van der Waals surface area (Å²) in [5.41, 5.74) is -0.480. The summed E-state index contributed by atoms with van der Waals surface area (Å²) in [5.74, 6) is 0.175. The quantitative estimate of drug-likeness (QED) is 0.675. The molecule has 0 spiro atoms. The van der Waals surface area contributed by atoms with E-state index in [0.29, 0.717) is 32.0 Å². The largest absolute Gasteiger partial charge is 0.444 e. The average Bonchev–Trinajstić information content (AvgIpc) is 2.13. The van der Waals surface area contributed by atoms with E-state index in [0.717, 1.165) is 0 Å². The van der Waals surface area contributed by atoms with Crippen LogP contribution in [0.25, 0.3) is 0 Å². The van der Waals surface area contributed by atoms with Crippen LogP contribution in [-0.2, 0) is 9.53 Å². The van der Waals surface area contributed by atoms with Crippen LogP contribution in [0.5, 0.6) is 0 Å². The van der Waals surface area contributed by atoms with Crippen LogP contribution in [0.2, 0.25) is 0 Å². The lowest BCUT2D eigenvalue weighted by Crippen LogP contribution is -2.58. The predicted molar refractivity (Wildman–Crippen MR) is 62.7 cm³/mol. The molecule has 0 radical (unpaired) electrons. The Kier molecular flexibility index (Phi) is 3.12. The number of carbonyl (C=O) groups is 2. The molecule has 2 bridgehead atoms. The van der Waals surface area contributed by atoms with Gasteiger partial charge in [-0.05, 0) is 20.8 Å². The summed E-state index contributed by atoms with van der Waals surface area (Å²) in [6.07, 6.45) is -0.304. The molecule has 2 heterocycles. The lowest BCUT2D eigenvalue weighted by molar-refractivity contribution is -0.132.